The zero-order valence-electron chi connectivity index (χ0n) is 12.8. The minimum absolute atomic E-state index is 0.123. The van der Waals surface area contributed by atoms with Crippen molar-refractivity contribution in [1.29, 1.82) is 0 Å². The SMILES string of the molecule is C=CC[C@H](O)[C@@H]1O[C@]2(C)CCCC(C)(C)O[C@H]2C[C@H]1O. The molecule has 2 heterocycles. The molecule has 2 rings (SSSR count). The Labute approximate surface area is 121 Å². The van der Waals surface area contributed by atoms with Crippen molar-refractivity contribution in [3.63, 3.8) is 0 Å². The van der Waals surface area contributed by atoms with Gasteiger partial charge in [-0.05, 0) is 46.5 Å². The minimum atomic E-state index is -0.712. The predicted octanol–water partition coefficient (Wildman–Crippen LogP) is 2.18. The summed E-state index contributed by atoms with van der Waals surface area (Å²) in [5, 5.41) is 20.4. The van der Waals surface area contributed by atoms with E-state index in [2.05, 4.69) is 20.4 Å². The summed E-state index contributed by atoms with van der Waals surface area (Å²) >= 11 is 0. The fourth-order valence-electron chi connectivity index (χ4n) is 3.41. The molecule has 0 aliphatic carbocycles. The third-order valence-electron chi connectivity index (χ3n) is 4.62. The van der Waals surface area contributed by atoms with Crippen LogP contribution in [-0.2, 0) is 9.47 Å². The van der Waals surface area contributed by atoms with Crippen LogP contribution in [0.1, 0.15) is 52.9 Å². The van der Waals surface area contributed by atoms with Crippen LogP contribution >= 0.6 is 0 Å². The topological polar surface area (TPSA) is 58.9 Å². The number of aliphatic hydroxyl groups excluding tert-OH is 2. The summed E-state index contributed by atoms with van der Waals surface area (Å²) in [6.07, 6.45) is 3.41. The highest BCUT2D eigenvalue weighted by molar-refractivity contribution is 5.00. The Morgan fingerprint density at radius 3 is 2.65 bits per heavy atom. The van der Waals surface area contributed by atoms with Gasteiger partial charge in [-0.15, -0.1) is 6.58 Å². The fourth-order valence-corrected chi connectivity index (χ4v) is 3.41. The molecule has 0 aromatic heterocycles. The Kier molecular flexibility index (Phi) is 4.59. The summed E-state index contributed by atoms with van der Waals surface area (Å²) in [6, 6.07) is 0. The molecule has 0 aromatic rings. The summed E-state index contributed by atoms with van der Waals surface area (Å²) < 4.78 is 12.3. The van der Waals surface area contributed by atoms with E-state index in [-0.39, 0.29) is 11.7 Å². The molecule has 0 radical (unpaired) electrons. The summed E-state index contributed by atoms with van der Waals surface area (Å²) in [5.41, 5.74) is -0.613. The van der Waals surface area contributed by atoms with Gasteiger partial charge in [-0.1, -0.05) is 6.08 Å². The smallest absolute Gasteiger partial charge is 0.110 e. The number of rotatable bonds is 3. The van der Waals surface area contributed by atoms with Gasteiger partial charge in [0.1, 0.15) is 6.10 Å². The second kappa shape index (κ2) is 5.76. The monoisotopic (exact) mass is 284 g/mol. The Hall–Kier alpha value is -0.420. The van der Waals surface area contributed by atoms with Crippen LogP contribution in [0.3, 0.4) is 0 Å². The normalized spacial score (nSPS) is 42.4. The third kappa shape index (κ3) is 3.25. The number of fused-ring (bicyclic) bond motifs is 1. The lowest BCUT2D eigenvalue weighted by Gasteiger charge is -2.48. The zero-order valence-corrected chi connectivity index (χ0v) is 12.8. The highest BCUT2D eigenvalue weighted by atomic mass is 16.6. The Morgan fingerprint density at radius 2 is 2.00 bits per heavy atom. The lowest BCUT2D eigenvalue weighted by atomic mass is 9.83. The van der Waals surface area contributed by atoms with Crippen molar-refractivity contribution < 1.29 is 19.7 Å². The van der Waals surface area contributed by atoms with Gasteiger partial charge in [0, 0.05) is 6.42 Å². The van der Waals surface area contributed by atoms with E-state index in [4.69, 9.17) is 9.47 Å². The molecule has 5 atom stereocenters. The van der Waals surface area contributed by atoms with Crippen LogP contribution in [0.4, 0.5) is 0 Å². The molecule has 2 saturated heterocycles. The van der Waals surface area contributed by atoms with Crippen LogP contribution < -0.4 is 0 Å². The van der Waals surface area contributed by atoms with Gasteiger partial charge >= 0.3 is 0 Å². The van der Waals surface area contributed by atoms with E-state index in [1.165, 1.54) is 0 Å². The van der Waals surface area contributed by atoms with Gasteiger partial charge in [-0.25, -0.2) is 0 Å². The lowest BCUT2D eigenvalue weighted by Crippen LogP contribution is -2.59. The maximum atomic E-state index is 10.3. The number of hydrogen-bond donors (Lipinski definition) is 2. The molecule has 0 unspecified atom stereocenters. The average Bonchev–Trinajstić information content (AvgIpc) is 2.44. The van der Waals surface area contributed by atoms with Gasteiger partial charge in [0.2, 0.25) is 0 Å². The predicted molar refractivity (Wildman–Crippen MR) is 77.5 cm³/mol. The van der Waals surface area contributed by atoms with Crippen LogP contribution in [0.2, 0.25) is 0 Å². The average molecular weight is 284 g/mol. The van der Waals surface area contributed by atoms with E-state index < -0.39 is 23.9 Å². The van der Waals surface area contributed by atoms with Crippen molar-refractivity contribution in [2.75, 3.05) is 0 Å². The van der Waals surface area contributed by atoms with Crippen molar-refractivity contribution in [1.82, 2.24) is 0 Å². The molecule has 4 heteroatoms. The van der Waals surface area contributed by atoms with E-state index in [1.807, 2.05) is 6.92 Å². The molecule has 2 aliphatic heterocycles. The summed E-state index contributed by atoms with van der Waals surface area (Å²) in [5.74, 6) is 0. The van der Waals surface area contributed by atoms with Crippen LogP contribution in [0, 0.1) is 0 Å². The van der Waals surface area contributed by atoms with Gasteiger partial charge in [0.05, 0.1) is 29.5 Å². The molecule has 2 N–H and O–H groups in total. The molecule has 2 fully saturated rings. The summed E-state index contributed by atoms with van der Waals surface area (Å²) in [4.78, 5) is 0. The molecule has 0 saturated carbocycles. The van der Waals surface area contributed by atoms with Gasteiger partial charge in [-0.3, -0.25) is 0 Å². The summed E-state index contributed by atoms with van der Waals surface area (Å²) in [6.45, 7) is 9.85. The molecule has 4 nitrogen and oxygen atoms in total. The van der Waals surface area contributed by atoms with Crippen molar-refractivity contribution in [2.24, 2.45) is 0 Å². The largest absolute Gasteiger partial charge is 0.390 e. The van der Waals surface area contributed by atoms with Crippen LogP contribution in [0.15, 0.2) is 12.7 Å². The standard InChI is InChI=1S/C16H28O4/c1-5-7-11(17)14-12(18)10-13-16(4,20-14)9-6-8-15(2,3)19-13/h5,11-14,17-18H,1,6-10H2,2-4H3/t11-,12+,13-,14-,16+/m0/s1. The molecule has 0 amide bonds. The highest BCUT2D eigenvalue weighted by Crippen LogP contribution is 2.42. The van der Waals surface area contributed by atoms with E-state index in [0.29, 0.717) is 12.8 Å². The van der Waals surface area contributed by atoms with E-state index in [9.17, 15) is 10.2 Å². The lowest BCUT2D eigenvalue weighted by molar-refractivity contribution is -0.263. The van der Waals surface area contributed by atoms with Gasteiger partial charge < -0.3 is 19.7 Å². The molecule has 2 aliphatic rings. The number of aliphatic hydroxyl groups is 2. The quantitative estimate of drug-likeness (QED) is 0.780. The van der Waals surface area contributed by atoms with Crippen LogP contribution in [0.5, 0.6) is 0 Å². The fraction of sp³-hybridized carbons (Fsp3) is 0.875. The molecule has 116 valence electrons. The van der Waals surface area contributed by atoms with Gasteiger partial charge in [0.15, 0.2) is 0 Å². The van der Waals surface area contributed by atoms with E-state index >= 15 is 0 Å². The van der Waals surface area contributed by atoms with Crippen molar-refractivity contribution in [2.45, 2.75) is 88.5 Å². The van der Waals surface area contributed by atoms with Crippen LogP contribution in [-0.4, -0.2) is 45.8 Å². The number of ether oxygens (including phenoxy) is 2. The van der Waals surface area contributed by atoms with E-state index in [1.54, 1.807) is 6.08 Å². The van der Waals surface area contributed by atoms with Crippen molar-refractivity contribution in [3.8, 4) is 0 Å². The minimum Gasteiger partial charge on any atom is -0.390 e. The molecule has 20 heavy (non-hydrogen) atoms. The maximum absolute atomic E-state index is 10.3. The maximum Gasteiger partial charge on any atom is 0.110 e. The second-order valence-corrected chi connectivity index (χ2v) is 7.01. The first-order valence-electron chi connectivity index (χ1n) is 7.60. The highest BCUT2D eigenvalue weighted by Gasteiger charge is 2.50. The van der Waals surface area contributed by atoms with Gasteiger partial charge in [-0.2, -0.15) is 0 Å². The van der Waals surface area contributed by atoms with Gasteiger partial charge in [0.25, 0.3) is 0 Å². The molecule has 0 bridgehead atoms. The molecule has 0 spiro atoms. The Bertz CT molecular complexity index is 354. The summed E-state index contributed by atoms with van der Waals surface area (Å²) in [7, 11) is 0. The molecular formula is C16H28O4. The second-order valence-electron chi connectivity index (χ2n) is 7.01. The first kappa shape index (κ1) is 16.0. The van der Waals surface area contributed by atoms with Crippen LogP contribution in [0.25, 0.3) is 0 Å². The number of hydrogen-bond acceptors (Lipinski definition) is 4. The first-order valence-corrected chi connectivity index (χ1v) is 7.60. The first-order chi connectivity index (χ1) is 9.27. The Balaban J connectivity index is 2.15. The zero-order chi connectivity index (χ0) is 15.0. The van der Waals surface area contributed by atoms with Crippen molar-refractivity contribution in [3.05, 3.63) is 12.7 Å². The Morgan fingerprint density at radius 1 is 1.30 bits per heavy atom. The van der Waals surface area contributed by atoms with E-state index in [0.717, 1.165) is 19.3 Å². The molecule has 0 aromatic carbocycles. The molecular weight excluding hydrogens is 256 g/mol. The van der Waals surface area contributed by atoms with Crippen molar-refractivity contribution >= 4 is 0 Å². The third-order valence-corrected chi connectivity index (χ3v) is 4.62.